The van der Waals surface area contributed by atoms with Crippen LogP contribution in [0.3, 0.4) is 0 Å². The van der Waals surface area contributed by atoms with Crippen LogP contribution in [0.5, 0.6) is 5.75 Å². The normalized spacial score (nSPS) is 12.3. The summed E-state index contributed by atoms with van der Waals surface area (Å²) in [5.74, 6) is 1.73. The number of hydrogen-bond acceptors (Lipinski definition) is 7. The second-order valence-corrected chi connectivity index (χ2v) is 6.12. The molecular weight excluding hydrogens is 334 g/mol. The predicted molar refractivity (Wildman–Crippen MR) is 90.6 cm³/mol. The summed E-state index contributed by atoms with van der Waals surface area (Å²) in [5.41, 5.74) is 5.27. The van der Waals surface area contributed by atoms with E-state index in [9.17, 15) is 0 Å². The Hall–Kier alpha value is -3.49. The molecule has 130 valence electrons. The number of hydrogen-bond donors (Lipinski definition) is 0. The summed E-state index contributed by atoms with van der Waals surface area (Å²) >= 11 is 0. The molecule has 0 atom stereocenters. The van der Waals surface area contributed by atoms with E-state index in [-0.39, 0.29) is 0 Å². The zero-order valence-corrected chi connectivity index (χ0v) is 14.5. The Kier molecular flexibility index (Phi) is 2.99. The van der Waals surface area contributed by atoms with Gasteiger partial charge in [-0.1, -0.05) is 10.4 Å². The molecule has 1 aliphatic heterocycles. The van der Waals surface area contributed by atoms with Gasteiger partial charge in [-0.25, -0.2) is 9.67 Å². The lowest BCUT2D eigenvalue weighted by molar-refractivity contribution is 0.414. The Morgan fingerprint density at radius 3 is 2.81 bits per heavy atom. The molecule has 1 aromatic carbocycles. The molecule has 3 aromatic heterocycles. The minimum atomic E-state index is 0.407. The van der Waals surface area contributed by atoms with Crippen molar-refractivity contribution in [2.75, 3.05) is 7.11 Å². The molecular formula is C17H15N7O2. The van der Waals surface area contributed by atoms with Gasteiger partial charge < -0.3 is 9.26 Å². The Bertz CT molecular complexity index is 1140. The van der Waals surface area contributed by atoms with Crippen LogP contribution in [-0.2, 0) is 6.42 Å². The highest BCUT2D eigenvalue weighted by atomic mass is 16.5. The minimum absolute atomic E-state index is 0.407. The van der Waals surface area contributed by atoms with Crippen molar-refractivity contribution in [2.45, 2.75) is 20.3 Å². The number of aromatic nitrogens is 7. The summed E-state index contributed by atoms with van der Waals surface area (Å²) in [5, 5.41) is 12.5. The lowest BCUT2D eigenvalue weighted by atomic mass is 10.1. The molecule has 26 heavy (non-hydrogen) atoms. The van der Waals surface area contributed by atoms with E-state index in [0.29, 0.717) is 23.8 Å². The van der Waals surface area contributed by atoms with Gasteiger partial charge in [0.2, 0.25) is 0 Å². The zero-order valence-electron chi connectivity index (χ0n) is 14.5. The van der Waals surface area contributed by atoms with E-state index < -0.39 is 0 Å². The van der Waals surface area contributed by atoms with Crippen molar-refractivity contribution < 1.29 is 9.26 Å². The highest BCUT2D eigenvalue weighted by Crippen LogP contribution is 2.34. The van der Waals surface area contributed by atoms with Crippen LogP contribution < -0.4 is 4.74 Å². The summed E-state index contributed by atoms with van der Waals surface area (Å²) in [4.78, 5) is 8.87. The van der Waals surface area contributed by atoms with E-state index in [1.165, 1.54) is 0 Å². The second-order valence-electron chi connectivity index (χ2n) is 6.12. The van der Waals surface area contributed by atoms with Crippen LogP contribution in [0.2, 0.25) is 0 Å². The van der Waals surface area contributed by atoms with E-state index in [0.717, 1.165) is 34.2 Å². The van der Waals surface area contributed by atoms with E-state index in [1.54, 1.807) is 20.4 Å². The first kappa shape index (κ1) is 14.8. The zero-order chi connectivity index (χ0) is 17.8. The van der Waals surface area contributed by atoms with Crippen LogP contribution >= 0.6 is 0 Å². The van der Waals surface area contributed by atoms with Gasteiger partial charge in [-0.2, -0.15) is 4.98 Å². The van der Waals surface area contributed by atoms with Gasteiger partial charge in [-0.3, -0.25) is 4.57 Å². The molecule has 4 heterocycles. The molecule has 0 aliphatic carbocycles. The second kappa shape index (κ2) is 5.25. The molecule has 4 aromatic rings. The molecule has 0 amide bonds. The average molecular weight is 349 g/mol. The summed E-state index contributed by atoms with van der Waals surface area (Å²) in [7, 11) is 1.64. The summed E-state index contributed by atoms with van der Waals surface area (Å²) in [6, 6.07) is 5.83. The fourth-order valence-corrected chi connectivity index (χ4v) is 3.26. The van der Waals surface area contributed by atoms with Crippen molar-refractivity contribution >= 4 is 0 Å². The molecule has 1 aliphatic rings. The maximum atomic E-state index is 5.39. The molecule has 0 spiro atoms. The first-order valence-electron chi connectivity index (χ1n) is 8.12. The number of benzene rings is 1. The van der Waals surface area contributed by atoms with Gasteiger partial charge >= 0.3 is 0 Å². The number of methoxy groups -OCH3 is 1. The number of ether oxygens (including phenoxy) is 1. The van der Waals surface area contributed by atoms with Crippen LogP contribution in [0.4, 0.5) is 0 Å². The van der Waals surface area contributed by atoms with Crippen molar-refractivity contribution in [1.29, 1.82) is 0 Å². The van der Waals surface area contributed by atoms with Crippen molar-refractivity contribution in [2.24, 2.45) is 0 Å². The predicted octanol–water partition coefficient (Wildman–Crippen LogP) is 2.03. The molecule has 0 bridgehead atoms. The Labute approximate surface area is 148 Å². The average Bonchev–Trinajstić information content (AvgIpc) is 3.33. The fraction of sp³-hybridized carbons (Fsp3) is 0.235. The standard InChI is InChI=1S/C17H15N7O2/c1-9-13-7-15-16(17-19-10(2)21-26-17)18-8-23(15)12-5-4-11(25-3)6-14(12)24(13)22-20-9/h4-6,8H,7H2,1-3H3. The molecule has 9 nitrogen and oxygen atoms in total. The van der Waals surface area contributed by atoms with E-state index in [2.05, 4.69) is 25.4 Å². The Morgan fingerprint density at radius 2 is 2.04 bits per heavy atom. The molecule has 0 radical (unpaired) electrons. The largest absolute Gasteiger partial charge is 0.497 e. The number of imidazole rings is 1. The number of nitrogens with zero attached hydrogens (tertiary/aromatic N) is 7. The number of fused-ring (bicyclic) bond motifs is 5. The molecule has 0 fully saturated rings. The number of rotatable bonds is 2. The van der Waals surface area contributed by atoms with Gasteiger partial charge in [0.1, 0.15) is 12.1 Å². The van der Waals surface area contributed by atoms with Crippen LogP contribution in [0.15, 0.2) is 29.0 Å². The monoisotopic (exact) mass is 349 g/mol. The van der Waals surface area contributed by atoms with Crippen molar-refractivity contribution in [3.05, 3.63) is 47.4 Å². The van der Waals surface area contributed by atoms with Gasteiger partial charge in [0.05, 0.1) is 35.6 Å². The topological polar surface area (TPSA) is 96.7 Å². The highest BCUT2D eigenvalue weighted by molar-refractivity contribution is 5.63. The third kappa shape index (κ3) is 2.00. The maximum absolute atomic E-state index is 5.39. The lowest BCUT2D eigenvalue weighted by Gasteiger charge is -2.11. The quantitative estimate of drug-likeness (QED) is 0.481. The van der Waals surface area contributed by atoms with Crippen LogP contribution in [-0.4, -0.2) is 41.8 Å². The van der Waals surface area contributed by atoms with Crippen molar-refractivity contribution in [3.8, 4) is 28.7 Å². The number of aryl methyl sites for hydroxylation is 2. The molecule has 0 saturated carbocycles. The van der Waals surface area contributed by atoms with Gasteiger partial charge in [-0.05, 0) is 26.0 Å². The Balaban J connectivity index is 1.81. The van der Waals surface area contributed by atoms with E-state index in [1.807, 2.05) is 34.4 Å². The van der Waals surface area contributed by atoms with Gasteiger partial charge in [-0.15, -0.1) is 5.10 Å². The SMILES string of the molecule is COc1ccc2c(c1)-n1nnc(C)c1Cc1c(-c3nc(C)no3)ncn1-2. The molecule has 0 N–H and O–H groups in total. The highest BCUT2D eigenvalue weighted by Gasteiger charge is 2.27. The van der Waals surface area contributed by atoms with Gasteiger partial charge in [0.15, 0.2) is 11.5 Å². The molecule has 9 heteroatoms. The maximum Gasteiger partial charge on any atom is 0.278 e. The van der Waals surface area contributed by atoms with E-state index >= 15 is 0 Å². The third-order valence-electron chi connectivity index (χ3n) is 4.56. The van der Waals surface area contributed by atoms with Crippen LogP contribution in [0.25, 0.3) is 23.0 Å². The lowest BCUT2D eigenvalue weighted by Crippen LogP contribution is -2.03. The summed E-state index contributed by atoms with van der Waals surface area (Å²) in [6.45, 7) is 3.73. The van der Waals surface area contributed by atoms with Crippen LogP contribution in [0, 0.1) is 13.8 Å². The van der Waals surface area contributed by atoms with E-state index in [4.69, 9.17) is 9.26 Å². The summed E-state index contributed by atoms with van der Waals surface area (Å²) < 4.78 is 14.6. The summed E-state index contributed by atoms with van der Waals surface area (Å²) in [6.07, 6.45) is 2.36. The first-order valence-corrected chi connectivity index (χ1v) is 8.12. The third-order valence-corrected chi connectivity index (χ3v) is 4.56. The minimum Gasteiger partial charge on any atom is -0.497 e. The van der Waals surface area contributed by atoms with Crippen molar-refractivity contribution in [3.63, 3.8) is 0 Å². The molecule has 0 unspecified atom stereocenters. The van der Waals surface area contributed by atoms with Crippen LogP contribution in [0.1, 0.15) is 22.9 Å². The first-order chi connectivity index (χ1) is 12.7. The molecule has 0 saturated heterocycles. The van der Waals surface area contributed by atoms with Crippen molar-refractivity contribution in [1.82, 2.24) is 34.7 Å². The Morgan fingerprint density at radius 1 is 1.15 bits per heavy atom. The fourth-order valence-electron chi connectivity index (χ4n) is 3.26. The van der Waals surface area contributed by atoms with Gasteiger partial charge in [0.25, 0.3) is 5.89 Å². The van der Waals surface area contributed by atoms with Gasteiger partial charge in [0, 0.05) is 12.5 Å². The smallest absolute Gasteiger partial charge is 0.278 e. The molecule has 5 rings (SSSR count).